The van der Waals surface area contributed by atoms with Gasteiger partial charge in [0.15, 0.2) is 0 Å². The molecule has 0 saturated carbocycles. The van der Waals surface area contributed by atoms with Gasteiger partial charge in [0.05, 0.1) is 5.71 Å². The van der Waals surface area contributed by atoms with E-state index in [2.05, 4.69) is 9.98 Å². The molecule has 0 aromatic rings. The molecule has 0 fully saturated rings. The number of hydrogen-bond donors (Lipinski definition) is 0. The molecule has 0 aliphatic carbocycles. The van der Waals surface area contributed by atoms with Gasteiger partial charge in [0.1, 0.15) is 11.6 Å². The van der Waals surface area contributed by atoms with Crippen molar-refractivity contribution in [1.29, 1.82) is 0 Å². The molecule has 0 N–H and O–H groups in total. The summed E-state index contributed by atoms with van der Waals surface area (Å²) in [5.74, 6) is -0.0972. The lowest BCUT2D eigenvalue weighted by molar-refractivity contribution is -0.116. The number of allylic oxidation sites excluding steroid dienone is 1. The van der Waals surface area contributed by atoms with Crippen LogP contribution in [0.4, 0.5) is 0 Å². The van der Waals surface area contributed by atoms with E-state index >= 15 is 0 Å². The summed E-state index contributed by atoms with van der Waals surface area (Å²) in [7, 11) is 0. The molecule has 1 atom stereocenters. The van der Waals surface area contributed by atoms with Gasteiger partial charge in [-0.3, -0.25) is 4.79 Å². The first kappa shape index (κ1) is 5.85. The summed E-state index contributed by atoms with van der Waals surface area (Å²) in [5.41, 5.74) is 0.824. The predicted molar refractivity (Wildman–Crippen MR) is 41.5 cm³/mol. The molecular formula is C6H4N2OS. The summed E-state index contributed by atoms with van der Waals surface area (Å²) in [6.45, 7) is 0. The number of rotatable bonds is 0. The molecule has 1 amide bonds. The minimum Gasteiger partial charge on any atom is -0.271 e. The number of amides is 1. The van der Waals surface area contributed by atoms with Gasteiger partial charge in [-0.25, -0.2) is 9.98 Å². The van der Waals surface area contributed by atoms with Crippen LogP contribution in [-0.2, 0) is 4.79 Å². The van der Waals surface area contributed by atoms with Crippen LogP contribution >= 0.6 is 11.8 Å². The minimum atomic E-state index is -0.148. The van der Waals surface area contributed by atoms with E-state index < -0.39 is 0 Å². The van der Waals surface area contributed by atoms with Crippen molar-refractivity contribution in [3.63, 3.8) is 0 Å². The van der Waals surface area contributed by atoms with Crippen LogP contribution in [0, 0.1) is 0 Å². The normalized spacial score (nSPS) is 28.6. The maximum atomic E-state index is 10.9. The number of hydrogen-bond acceptors (Lipinski definition) is 3. The van der Waals surface area contributed by atoms with Crippen molar-refractivity contribution >= 4 is 29.7 Å². The first-order chi connectivity index (χ1) is 4.88. The highest BCUT2D eigenvalue weighted by Crippen LogP contribution is 2.24. The van der Waals surface area contributed by atoms with Crippen LogP contribution in [0.3, 0.4) is 0 Å². The highest BCUT2D eigenvalue weighted by atomic mass is 32.2. The Kier molecular flexibility index (Phi) is 1.20. The zero-order valence-electron chi connectivity index (χ0n) is 5.02. The van der Waals surface area contributed by atoms with Crippen LogP contribution in [0.5, 0.6) is 0 Å². The van der Waals surface area contributed by atoms with Gasteiger partial charge in [0.2, 0.25) is 0 Å². The Morgan fingerprint density at radius 1 is 1.60 bits per heavy atom. The Morgan fingerprint density at radius 2 is 2.50 bits per heavy atom. The Bertz CT molecular complexity index is 267. The maximum Gasteiger partial charge on any atom is 0.266 e. The van der Waals surface area contributed by atoms with Crippen molar-refractivity contribution in [2.45, 2.75) is 5.25 Å². The quantitative estimate of drug-likeness (QED) is 0.510. The molecular weight excluding hydrogens is 148 g/mol. The SMILES string of the molecule is O=C1N=CN=C2C=CSC12. The second kappa shape index (κ2) is 2.05. The van der Waals surface area contributed by atoms with Crippen LogP contribution in [-0.4, -0.2) is 23.2 Å². The Hall–Kier alpha value is -0.900. The van der Waals surface area contributed by atoms with Gasteiger partial charge in [-0.1, -0.05) is 0 Å². The van der Waals surface area contributed by atoms with Crippen molar-refractivity contribution in [2.24, 2.45) is 9.98 Å². The van der Waals surface area contributed by atoms with Gasteiger partial charge in [0.25, 0.3) is 5.91 Å². The molecule has 2 heterocycles. The van der Waals surface area contributed by atoms with E-state index in [1.165, 1.54) is 18.1 Å². The molecule has 0 saturated heterocycles. The van der Waals surface area contributed by atoms with Crippen LogP contribution in [0.15, 0.2) is 21.5 Å². The number of thioether (sulfide) groups is 1. The van der Waals surface area contributed by atoms with Crippen LogP contribution in [0.1, 0.15) is 0 Å². The van der Waals surface area contributed by atoms with Crippen LogP contribution < -0.4 is 0 Å². The zero-order valence-corrected chi connectivity index (χ0v) is 5.84. The lowest BCUT2D eigenvalue weighted by Crippen LogP contribution is -2.24. The van der Waals surface area contributed by atoms with E-state index in [1.54, 1.807) is 0 Å². The molecule has 0 aromatic heterocycles. The van der Waals surface area contributed by atoms with E-state index in [1.807, 2.05) is 11.5 Å². The second-order valence-electron chi connectivity index (χ2n) is 1.96. The minimum absolute atomic E-state index is 0.0972. The standard InChI is InChI=1S/C6H4N2OS/c9-6-5-4(1-2-10-5)7-3-8-6/h1-3,5H. The van der Waals surface area contributed by atoms with E-state index in [0.717, 1.165) is 5.71 Å². The van der Waals surface area contributed by atoms with Gasteiger partial charge in [-0.2, -0.15) is 0 Å². The fourth-order valence-corrected chi connectivity index (χ4v) is 1.69. The molecule has 0 spiro atoms. The van der Waals surface area contributed by atoms with Crippen LogP contribution in [0.2, 0.25) is 0 Å². The van der Waals surface area contributed by atoms with E-state index in [-0.39, 0.29) is 11.2 Å². The fourth-order valence-electron chi connectivity index (χ4n) is 0.860. The second-order valence-corrected chi connectivity index (χ2v) is 2.97. The molecule has 0 bridgehead atoms. The monoisotopic (exact) mass is 152 g/mol. The molecule has 10 heavy (non-hydrogen) atoms. The molecule has 2 aliphatic rings. The number of aliphatic imine (C=N–C) groups is 2. The van der Waals surface area contributed by atoms with Crippen molar-refractivity contribution in [1.82, 2.24) is 0 Å². The van der Waals surface area contributed by atoms with Crippen molar-refractivity contribution in [2.75, 3.05) is 0 Å². The largest absolute Gasteiger partial charge is 0.271 e. The third kappa shape index (κ3) is 0.724. The van der Waals surface area contributed by atoms with Crippen molar-refractivity contribution in [3.8, 4) is 0 Å². The summed E-state index contributed by atoms with van der Waals surface area (Å²) in [5, 5.41) is 1.72. The van der Waals surface area contributed by atoms with Gasteiger partial charge < -0.3 is 0 Å². The highest BCUT2D eigenvalue weighted by molar-refractivity contribution is 8.04. The molecule has 4 heteroatoms. The highest BCUT2D eigenvalue weighted by Gasteiger charge is 2.27. The fraction of sp³-hybridized carbons (Fsp3) is 0.167. The van der Waals surface area contributed by atoms with Gasteiger partial charge in [0, 0.05) is 0 Å². The predicted octanol–water partition coefficient (Wildman–Crippen LogP) is 0.625. The lowest BCUT2D eigenvalue weighted by Gasteiger charge is -2.06. The maximum absolute atomic E-state index is 10.9. The third-order valence-electron chi connectivity index (χ3n) is 1.34. The number of nitrogens with zero attached hydrogens (tertiary/aromatic N) is 2. The van der Waals surface area contributed by atoms with Gasteiger partial charge >= 0.3 is 0 Å². The molecule has 2 rings (SSSR count). The van der Waals surface area contributed by atoms with E-state index in [0.29, 0.717) is 0 Å². The van der Waals surface area contributed by atoms with Crippen molar-refractivity contribution in [3.05, 3.63) is 11.5 Å². The molecule has 0 radical (unpaired) electrons. The summed E-state index contributed by atoms with van der Waals surface area (Å²) < 4.78 is 0. The summed E-state index contributed by atoms with van der Waals surface area (Å²) in [6, 6.07) is 0. The molecule has 3 nitrogen and oxygen atoms in total. The number of carbonyl (C=O) groups excluding carboxylic acids is 1. The van der Waals surface area contributed by atoms with Gasteiger partial charge in [-0.15, -0.1) is 11.8 Å². The smallest absolute Gasteiger partial charge is 0.266 e. The average molecular weight is 152 g/mol. The van der Waals surface area contributed by atoms with E-state index in [9.17, 15) is 4.79 Å². The average Bonchev–Trinajstić information content (AvgIpc) is 2.36. The lowest BCUT2D eigenvalue weighted by atomic mass is 10.2. The zero-order chi connectivity index (χ0) is 6.97. The number of carbonyl (C=O) groups is 1. The first-order valence-electron chi connectivity index (χ1n) is 2.84. The van der Waals surface area contributed by atoms with Gasteiger partial charge in [-0.05, 0) is 11.5 Å². The van der Waals surface area contributed by atoms with Crippen LogP contribution in [0.25, 0.3) is 0 Å². The Balaban J connectivity index is 2.40. The first-order valence-corrected chi connectivity index (χ1v) is 3.78. The number of fused-ring (bicyclic) bond motifs is 1. The third-order valence-corrected chi connectivity index (χ3v) is 2.35. The molecule has 0 aromatic carbocycles. The van der Waals surface area contributed by atoms with Crippen molar-refractivity contribution < 1.29 is 4.79 Å². The molecule has 50 valence electrons. The van der Waals surface area contributed by atoms with E-state index in [4.69, 9.17) is 0 Å². The Morgan fingerprint density at radius 3 is 3.30 bits per heavy atom. The summed E-state index contributed by atoms with van der Waals surface area (Å²) in [4.78, 5) is 18.4. The topological polar surface area (TPSA) is 41.8 Å². The molecule has 1 unspecified atom stereocenters. The summed E-state index contributed by atoms with van der Waals surface area (Å²) >= 11 is 1.46. The Labute approximate surface area is 61.9 Å². The molecule has 2 aliphatic heterocycles. The summed E-state index contributed by atoms with van der Waals surface area (Å²) in [6.07, 6.45) is 3.16.